The molecule has 1 aliphatic rings. The highest BCUT2D eigenvalue weighted by Gasteiger charge is 2.34. The van der Waals surface area contributed by atoms with Crippen LogP contribution in [0, 0.1) is 13.8 Å². The van der Waals surface area contributed by atoms with Crippen molar-refractivity contribution in [2.45, 2.75) is 51.2 Å². The van der Waals surface area contributed by atoms with Crippen molar-refractivity contribution in [3.63, 3.8) is 0 Å². The van der Waals surface area contributed by atoms with E-state index in [4.69, 9.17) is 9.51 Å². The van der Waals surface area contributed by atoms with E-state index in [0.717, 1.165) is 17.8 Å². The lowest BCUT2D eigenvalue weighted by Gasteiger charge is -2.33. The Morgan fingerprint density at radius 3 is 2.86 bits per heavy atom. The van der Waals surface area contributed by atoms with Gasteiger partial charge in [-0.15, -0.1) is 0 Å². The van der Waals surface area contributed by atoms with Crippen molar-refractivity contribution in [3.05, 3.63) is 47.4 Å². The highest BCUT2D eigenvalue weighted by atomic mass is 16.5. The second-order valence-corrected chi connectivity index (χ2v) is 7.52. The van der Waals surface area contributed by atoms with Gasteiger partial charge in [-0.25, -0.2) is 4.98 Å². The van der Waals surface area contributed by atoms with Gasteiger partial charge in [-0.1, -0.05) is 5.16 Å². The average Bonchev–Trinajstić information content (AvgIpc) is 3.26. The van der Waals surface area contributed by atoms with Crippen LogP contribution in [0.5, 0.6) is 0 Å². The fourth-order valence-corrected chi connectivity index (χ4v) is 3.96. The van der Waals surface area contributed by atoms with E-state index in [2.05, 4.69) is 20.6 Å². The summed E-state index contributed by atoms with van der Waals surface area (Å²) in [4.78, 5) is 21.5. The van der Waals surface area contributed by atoms with Crippen molar-refractivity contribution in [2.24, 2.45) is 7.05 Å². The van der Waals surface area contributed by atoms with Crippen LogP contribution in [0.1, 0.15) is 52.8 Å². The van der Waals surface area contributed by atoms with Crippen molar-refractivity contribution in [3.8, 4) is 11.4 Å². The van der Waals surface area contributed by atoms with Crippen LogP contribution in [-0.4, -0.2) is 48.1 Å². The summed E-state index contributed by atoms with van der Waals surface area (Å²) in [6.45, 7) is 3.43. The first-order valence-corrected chi connectivity index (χ1v) is 9.67. The number of hydrogen-bond acceptors (Lipinski definition) is 7. The van der Waals surface area contributed by atoms with E-state index in [1.165, 1.54) is 0 Å². The Morgan fingerprint density at radius 2 is 2.17 bits per heavy atom. The molecule has 1 aliphatic carbocycles. The molecule has 2 N–H and O–H groups in total. The number of nitrogens with one attached hydrogen (secondary N) is 1. The number of aliphatic hydroxyl groups is 1. The summed E-state index contributed by atoms with van der Waals surface area (Å²) < 4.78 is 6.86. The first-order chi connectivity index (χ1) is 13.9. The van der Waals surface area contributed by atoms with Crippen molar-refractivity contribution in [1.82, 2.24) is 30.2 Å². The van der Waals surface area contributed by atoms with Gasteiger partial charge in [0, 0.05) is 30.9 Å². The molecule has 29 heavy (non-hydrogen) atoms. The Bertz CT molecular complexity index is 993. The molecule has 0 aliphatic heterocycles. The van der Waals surface area contributed by atoms with Gasteiger partial charge in [0.15, 0.2) is 5.82 Å². The minimum absolute atomic E-state index is 0.0799. The number of amides is 1. The minimum Gasteiger partial charge on any atom is -0.391 e. The van der Waals surface area contributed by atoms with Crippen LogP contribution in [0.15, 0.2) is 29.0 Å². The van der Waals surface area contributed by atoms with E-state index in [-0.39, 0.29) is 17.9 Å². The zero-order chi connectivity index (χ0) is 20.5. The first-order valence-electron chi connectivity index (χ1n) is 9.67. The molecule has 1 saturated carbocycles. The average molecular weight is 396 g/mol. The van der Waals surface area contributed by atoms with Crippen molar-refractivity contribution in [1.29, 1.82) is 0 Å². The van der Waals surface area contributed by atoms with Gasteiger partial charge >= 0.3 is 0 Å². The maximum Gasteiger partial charge on any atom is 0.257 e. The van der Waals surface area contributed by atoms with E-state index in [0.29, 0.717) is 35.7 Å². The third-order valence-corrected chi connectivity index (χ3v) is 5.47. The Morgan fingerprint density at radius 1 is 1.34 bits per heavy atom. The third-order valence-electron chi connectivity index (χ3n) is 5.47. The van der Waals surface area contributed by atoms with E-state index in [1.807, 2.05) is 19.2 Å². The van der Waals surface area contributed by atoms with Crippen LogP contribution in [0.3, 0.4) is 0 Å². The van der Waals surface area contributed by atoms with Gasteiger partial charge in [-0.2, -0.15) is 5.10 Å². The molecule has 3 aromatic heterocycles. The molecule has 3 heterocycles. The molecule has 9 nitrogen and oxygen atoms in total. The molecule has 0 bridgehead atoms. The van der Waals surface area contributed by atoms with Gasteiger partial charge in [-0.05, 0) is 45.2 Å². The smallest absolute Gasteiger partial charge is 0.257 e. The van der Waals surface area contributed by atoms with Crippen LogP contribution in [0.25, 0.3) is 11.4 Å². The summed E-state index contributed by atoms with van der Waals surface area (Å²) in [5.74, 6) is 1.73. The molecule has 9 heteroatoms. The number of carbonyl (C=O) groups excluding carboxylic acids is 1. The van der Waals surface area contributed by atoms with E-state index >= 15 is 0 Å². The number of aliphatic hydroxyl groups excluding tert-OH is 1. The zero-order valence-corrected chi connectivity index (χ0v) is 16.7. The lowest BCUT2D eigenvalue weighted by molar-refractivity contribution is 0.0668. The monoisotopic (exact) mass is 396 g/mol. The van der Waals surface area contributed by atoms with E-state index in [1.54, 1.807) is 30.9 Å². The number of hydrogen-bond donors (Lipinski definition) is 2. The summed E-state index contributed by atoms with van der Waals surface area (Å²) in [5, 5.41) is 21.8. The maximum absolute atomic E-state index is 12.7. The molecule has 1 fully saturated rings. The second-order valence-electron chi connectivity index (χ2n) is 7.52. The molecule has 4 rings (SSSR count). The molecule has 0 radical (unpaired) electrons. The van der Waals surface area contributed by atoms with Crippen LogP contribution in [0.4, 0.5) is 0 Å². The molecule has 0 unspecified atom stereocenters. The number of rotatable bonds is 4. The van der Waals surface area contributed by atoms with Gasteiger partial charge in [0.25, 0.3) is 5.91 Å². The second kappa shape index (κ2) is 7.75. The first kappa shape index (κ1) is 19.3. The highest BCUT2D eigenvalue weighted by Crippen LogP contribution is 2.33. The quantitative estimate of drug-likeness (QED) is 0.691. The standard InChI is InChI=1S/C20H24N6O3/c1-11-17(12(2)29-25-11)20(28)22-15-9-13(6-7-16(15)27)19-23-18(24-26(19)3)14-5-4-8-21-10-14/h4-5,8,10,13,15-16,27H,6-7,9H2,1-3H3,(H,22,28)/t13-,15+,16+/m0/s1. The minimum atomic E-state index is -0.610. The molecule has 0 aromatic carbocycles. The molecular weight excluding hydrogens is 372 g/mol. The molecule has 152 valence electrons. The van der Waals surface area contributed by atoms with Gasteiger partial charge in [-0.3, -0.25) is 14.5 Å². The lowest BCUT2D eigenvalue weighted by Crippen LogP contribution is -2.47. The number of carbonyl (C=O) groups is 1. The molecule has 0 spiro atoms. The molecule has 3 aromatic rings. The van der Waals surface area contributed by atoms with Gasteiger partial charge < -0.3 is 14.9 Å². The highest BCUT2D eigenvalue weighted by molar-refractivity contribution is 5.96. The van der Waals surface area contributed by atoms with Gasteiger partial charge in [0.05, 0.1) is 17.8 Å². The van der Waals surface area contributed by atoms with Crippen LogP contribution < -0.4 is 5.32 Å². The molecule has 1 amide bonds. The van der Waals surface area contributed by atoms with Crippen LogP contribution in [0.2, 0.25) is 0 Å². The lowest BCUT2D eigenvalue weighted by atomic mass is 9.83. The number of pyridine rings is 1. The number of aromatic nitrogens is 5. The Hall–Kier alpha value is -3.07. The van der Waals surface area contributed by atoms with Crippen molar-refractivity contribution in [2.75, 3.05) is 0 Å². The number of aryl methyl sites for hydroxylation is 3. The predicted molar refractivity (Wildman–Crippen MR) is 104 cm³/mol. The van der Waals surface area contributed by atoms with Crippen LogP contribution >= 0.6 is 0 Å². The SMILES string of the molecule is Cc1noc(C)c1C(=O)N[C@@H]1C[C@@H](c2nc(-c3cccnc3)nn2C)CC[C@H]1O. The van der Waals surface area contributed by atoms with Gasteiger partial charge in [0.1, 0.15) is 17.1 Å². The fraction of sp³-hybridized carbons (Fsp3) is 0.450. The van der Waals surface area contributed by atoms with Gasteiger partial charge in [0.2, 0.25) is 0 Å². The predicted octanol–water partition coefficient (Wildman–Crippen LogP) is 1.91. The summed E-state index contributed by atoms with van der Waals surface area (Å²) in [6.07, 6.45) is 4.76. The molecular formula is C20H24N6O3. The molecule has 0 saturated heterocycles. The van der Waals surface area contributed by atoms with E-state index < -0.39 is 6.10 Å². The Kier molecular flexibility index (Phi) is 5.14. The van der Waals surface area contributed by atoms with Crippen molar-refractivity contribution < 1.29 is 14.4 Å². The Balaban J connectivity index is 1.52. The normalized spacial score (nSPS) is 21.9. The van der Waals surface area contributed by atoms with Crippen LogP contribution in [-0.2, 0) is 7.05 Å². The largest absolute Gasteiger partial charge is 0.391 e. The van der Waals surface area contributed by atoms with E-state index in [9.17, 15) is 9.90 Å². The maximum atomic E-state index is 12.7. The fourth-order valence-electron chi connectivity index (χ4n) is 3.96. The summed E-state index contributed by atoms with van der Waals surface area (Å²) in [6, 6.07) is 3.39. The van der Waals surface area contributed by atoms with Crippen molar-refractivity contribution >= 4 is 5.91 Å². The topological polar surface area (TPSA) is 119 Å². The number of nitrogens with zero attached hydrogens (tertiary/aromatic N) is 5. The summed E-state index contributed by atoms with van der Waals surface area (Å²) >= 11 is 0. The summed E-state index contributed by atoms with van der Waals surface area (Å²) in [5.41, 5.74) is 1.82. The summed E-state index contributed by atoms with van der Waals surface area (Å²) in [7, 11) is 1.87. The third kappa shape index (κ3) is 3.77. The zero-order valence-electron chi connectivity index (χ0n) is 16.7. The Labute approximate surface area is 168 Å². The molecule has 3 atom stereocenters.